The van der Waals surface area contributed by atoms with E-state index in [4.69, 9.17) is 11.6 Å². The van der Waals surface area contributed by atoms with Crippen LogP contribution in [0.15, 0.2) is 29.6 Å². The Bertz CT molecular complexity index is 578. The standard InChI is InChI=1S/C13H11ClF3NS/c1-8-4-5-19-12(8)7-18-11-6-9(13(15,16)17)2-3-10(11)14/h2-6,18H,7H2,1H3. The molecule has 1 aromatic heterocycles. The first-order chi connectivity index (χ1) is 8.88. The van der Waals surface area contributed by atoms with E-state index < -0.39 is 11.7 Å². The average molecular weight is 306 g/mol. The Hall–Kier alpha value is -1.20. The molecule has 1 heterocycles. The van der Waals surface area contributed by atoms with Gasteiger partial charge in [-0.15, -0.1) is 11.3 Å². The van der Waals surface area contributed by atoms with Crippen LogP contribution >= 0.6 is 22.9 Å². The second-order valence-electron chi connectivity index (χ2n) is 4.07. The highest BCUT2D eigenvalue weighted by Gasteiger charge is 2.30. The van der Waals surface area contributed by atoms with E-state index in [0.717, 1.165) is 22.6 Å². The van der Waals surface area contributed by atoms with Gasteiger partial charge >= 0.3 is 6.18 Å². The summed E-state index contributed by atoms with van der Waals surface area (Å²) in [5.41, 5.74) is 0.701. The summed E-state index contributed by atoms with van der Waals surface area (Å²) < 4.78 is 37.8. The molecule has 0 fully saturated rings. The Morgan fingerprint density at radius 3 is 2.58 bits per heavy atom. The Morgan fingerprint density at radius 1 is 1.26 bits per heavy atom. The van der Waals surface area contributed by atoms with Gasteiger partial charge in [0.15, 0.2) is 0 Å². The van der Waals surface area contributed by atoms with Crippen molar-refractivity contribution in [1.82, 2.24) is 0 Å². The lowest BCUT2D eigenvalue weighted by atomic mass is 10.2. The lowest BCUT2D eigenvalue weighted by molar-refractivity contribution is -0.137. The van der Waals surface area contributed by atoms with Crippen LogP contribution < -0.4 is 5.32 Å². The number of hydrogen-bond donors (Lipinski definition) is 1. The van der Waals surface area contributed by atoms with Crippen molar-refractivity contribution >= 4 is 28.6 Å². The zero-order valence-electron chi connectivity index (χ0n) is 10.0. The Kier molecular flexibility index (Phi) is 4.06. The predicted molar refractivity (Wildman–Crippen MR) is 72.8 cm³/mol. The van der Waals surface area contributed by atoms with Crippen LogP contribution in [-0.2, 0) is 12.7 Å². The van der Waals surface area contributed by atoms with E-state index in [0.29, 0.717) is 12.2 Å². The average Bonchev–Trinajstić information content (AvgIpc) is 2.72. The van der Waals surface area contributed by atoms with Crippen LogP contribution in [-0.4, -0.2) is 0 Å². The van der Waals surface area contributed by atoms with Crippen LogP contribution in [0.25, 0.3) is 0 Å². The van der Waals surface area contributed by atoms with E-state index in [1.54, 1.807) is 11.3 Å². The van der Waals surface area contributed by atoms with Gasteiger partial charge in [-0.2, -0.15) is 13.2 Å². The summed E-state index contributed by atoms with van der Waals surface area (Å²) in [6, 6.07) is 5.23. The van der Waals surface area contributed by atoms with Gasteiger partial charge in [0.25, 0.3) is 0 Å². The number of benzene rings is 1. The molecule has 0 amide bonds. The maximum atomic E-state index is 12.6. The second kappa shape index (κ2) is 5.43. The van der Waals surface area contributed by atoms with E-state index in [2.05, 4.69) is 5.32 Å². The summed E-state index contributed by atoms with van der Waals surface area (Å²) in [6.45, 7) is 2.42. The minimum Gasteiger partial charge on any atom is -0.379 e. The molecule has 0 aliphatic carbocycles. The van der Waals surface area contributed by atoms with Crippen molar-refractivity contribution in [3.05, 3.63) is 50.7 Å². The first-order valence-corrected chi connectivity index (χ1v) is 6.77. The molecule has 6 heteroatoms. The first-order valence-electron chi connectivity index (χ1n) is 5.51. The van der Waals surface area contributed by atoms with E-state index >= 15 is 0 Å². The summed E-state index contributed by atoms with van der Waals surface area (Å²) in [6.07, 6.45) is -4.36. The van der Waals surface area contributed by atoms with Crippen LogP contribution in [0.5, 0.6) is 0 Å². The van der Waals surface area contributed by atoms with Gasteiger partial charge in [0.05, 0.1) is 16.3 Å². The predicted octanol–water partition coefficient (Wildman–Crippen LogP) is 5.34. The van der Waals surface area contributed by atoms with Gasteiger partial charge in [-0.3, -0.25) is 0 Å². The number of aryl methyl sites for hydroxylation is 1. The van der Waals surface area contributed by atoms with Gasteiger partial charge in [0.1, 0.15) is 0 Å². The van der Waals surface area contributed by atoms with Crippen LogP contribution in [0, 0.1) is 6.92 Å². The molecule has 2 aromatic rings. The summed E-state index contributed by atoms with van der Waals surface area (Å²) >= 11 is 7.46. The van der Waals surface area contributed by atoms with Crippen LogP contribution in [0.4, 0.5) is 18.9 Å². The highest BCUT2D eigenvalue weighted by atomic mass is 35.5. The van der Waals surface area contributed by atoms with Crippen molar-refractivity contribution in [3.8, 4) is 0 Å². The Balaban J connectivity index is 2.18. The van der Waals surface area contributed by atoms with Gasteiger partial charge in [-0.05, 0) is 42.1 Å². The van der Waals surface area contributed by atoms with Crippen molar-refractivity contribution < 1.29 is 13.2 Å². The topological polar surface area (TPSA) is 12.0 Å². The van der Waals surface area contributed by atoms with E-state index in [9.17, 15) is 13.2 Å². The van der Waals surface area contributed by atoms with Crippen molar-refractivity contribution in [2.45, 2.75) is 19.6 Å². The molecule has 1 aromatic carbocycles. The van der Waals surface area contributed by atoms with Crippen molar-refractivity contribution in [2.75, 3.05) is 5.32 Å². The van der Waals surface area contributed by atoms with Gasteiger partial charge in [-0.25, -0.2) is 0 Å². The third-order valence-electron chi connectivity index (χ3n) is 2.70. The van der Waals surface area contributed by atoms with Crippen LogP contribution in [0.1, 0.15) is 16.0 Å². The third-order valence-corrected chi connectivity index (χ3v) is 4.05. The number of alkyl halides is 3. The SMILES string of the molecule is Cc1ccsc1CNc1cc(C(F)(F)F)ccc1Cl. The Morgan fingerprint density at radius 2 is 2.00 bits per heavy atom. The molecule has 0 radical (unpaired) electrons. The fraction of sp³-hybridized carbons (Fsp3) is 0.231. The highest BCUT2D eigenvalue weighted by molar-refractivity contribution is 7.10. The second-order valence-corrected chi connectivity index (χ2v) is 5.48. The summed E-state index contributed by atoms with van der Waals surface area (Å²) in [5.74, 6) is 0. The summed E-state index contributed by atoms with van der Waals surface area (Å²) in [7, 11) is 0. The fourth-order valence-electron chi connectivity index (χ4n) is 1.60. The molecule has 19 heavy (non-hydrogen) atoms. The van der Waals surface area contributed by atoms with Crippen LogP contribution in [0.3, 0.4) is 0 Å². The largest absolute Gasteiger partial charge is 0.416 e. The molecular formula is C13H11ClF3NS. The number of rotatable bonds is 3. The van der Waals surface area contributed by atoms with Crippen molar-refractivity contribution in [1.29, 1.82) is 0 Å². The number of halogens is 4. The molecule has 0 spiro atoms. The van der Waals surface area contributed by atoms with Gasteiger partial charge in [0, 0.05) is 11.4 Å². The number of thiophene rings is 1. The lowest BCUT2D eigenvalue weighted by Gasteiger charge is -2.12. The molecule has 0 aliphatic rings. The lowest BCUT2D eigenvalue weighted by Crippen LogP contribution is -2.06. The fourth-order valence-corrected chi connectivity index (χ4v) is 2.63. The molecule has 0 saturated carbocycles. The molecule has 0 atom stereocenters. The third kappa shape index (κ3) is 3.42. The smallest absolute Gasteiger partial charge is 0.379 e. The van der Waals surface area contributed by atoms with E-state index in [-0.39, 0.29) is 5.02 Å². The number of anilines is 1. The van der Waals surface area contributed by atoms with E-state index in [1.165, 1.54) is 6.07 Å². The van der Waals surface area contributed by atoms with Gasteiger partial charge < -0.3 is 5.32 Å². The highest BCUT2D eigenvalue weighted by Crippen LogP contribution is 2.34. The van der Waals surface area contributed by atoms with Crippen molar-refractivity contribution in [2.24, 2.45) is 0 Å². The van der Waals surface area contributed by atoms with Gasteiger partial charge in [-0.1, -0.05) is 11.6 Å². The zero-order valence-corrected chi connectivity index (χ0v) is 11.6. The molecule has 1 N–H and O–H groups in total. The molecular weight excluding hydrogens is 295 g/mol. The minimum absolute atomic E-state index is 0.280. The maximum Gasteiger partial charge on any atom is 0.416 e. The van der Waals surface area contributed by atoms with Crippen molar-refractivity contribution in [3.63, 3.8) is 0 Å². The minimum atomic E-state index is -4.36. The molecule has 2 rings (SSSR count). The number of hydrogen-bond acceptors (Lipinski definition) is 2. The molecule has 0 unspecified atom stereocenters. The van der Waals surface area contributed by atoms with Gasteiger partial charge in [0.2, 0.25) is 0 Å². The normalized spacial score (nSPS) is 11.6. The molecule has 0 saturated heterocycles. The monoisotopic (exact) mass is 305 g/mol. The van der Waals surface area contributed by atoms with Crippen LogP contribution in [0.2, 0.25) is 5.02 Å². The summed E-state index contributed by atoms with van der Waals surface area (Å²) in [5, 5.41) is 5.17. The molecule has 102 valence electrons. The quantitative estimate of drug-likeness (QED) is 0.807. The van der Waals surface area contributed by atoms with E-state index in [1.807, 2.05) is 18.4 Å². The molecule has 0 bridgehead atoms. The maximum absolute atomic E-state index is 12.6. The number of nitrogens with one attached hydrogen (secondary N) is 1. The summed E-state index contributed by atoms with van der Waals surface area (Å²) in [4.78, 5) is 1.08. The Labute approximate surface area is 118 Å². The molecule has 1 nitrogen and oxygen atoms in total. The first kappa shape index (κ1) is 14.2. The molecule has 0 aliphatic heterocycles. The zero-order chi connectivity index (χ0) is 14.0.